The average Bonchev–Trinajstić information content (AvgIpc) is 2.59. The molecule has 0 aliphatic carbocycles. The first-order valence-electron chi connectivity index (χ1n) is 9.00. The number of aromatic hydroxyl groups is 2. The molecule has 0 spiro atoms. The molecule has 0 aliphatic rings. The number of benzene rings is 1. The fourth-order valence-corrected chi connectivity index (χ4v) is 2.95. The maximum atomic E-state index is 12.8. The number of phenolic OH excluding ortho intramolecular Hbond substituents is 2. The first-order chi connectivity index (χ1) is 12.6. The highest BCUT2D eigenvalue weighted by atomic mass is 16.4. The Kier molecular flexibility index (Phi) is 6.11. The van der Waals surface area contributed by atoms with E-state index in [4.69, 9.17) is 4.42 Å². The summed E-state index contributed by atoms with van der Waals surface area (Å²) in [6.07, 6.45) is 1.27. The maximum Gasteiger partial charge on any atom is 0.336 e. The summed E-state index contributed by atoms with van der Waals surface area (Å²) in [6, 6.07) is 1.11. The molecule has 146 valence electrons. The van der Waals surface area contributed by atoms with Gasteiger partial charge >= 0.3 is 5.63 Å². The van der Waals surface area contributed by atoms with Crippen molar-refractivity contribution in [2.75, 3.05) is 0 Å². The van der Waals surface area contributed by atoms with E-state index < -0.39 is 29.2 Å². The minimum absolute atomic E-state index is 0.0860. The molecule has 2 aromatic rings. The van der Waals surface area contributed by atoms with Crippen molar-refractivity contribution in [3.05, 3.63) is 44.8 Å². The monoisotopic (exact) mass is 374 g/mol. The molecule has 0 unspecified atom stereocenters. The number of rotatable bonds is 6. The lowest BCUT2D eigenvalue weighted by atomic mass is 9.90. The molecule has 0 bridgehead atoms. The van der Waals surface area contributed by atoms with E-state index in [1.54, 1.807) is 26.8 Å². The number of allylic oxidation sites excluding steroid dienone is 2. The van der Waals surface area contributed by atoms with E-state index >= 15 is 0 Å². The zero-order valence-electron chi connectivity index (χ0n) is 16.3. The fraction of sp³-hybridized carbons (Fsp3) is 0.429. The van der Waals surface area contributed by atoms with Crippen LogP contribution in [0.1, 0.15) is 68.6 Å². The number of fused-ring (bicyclic) bond motifs is 1. The van der Waals surface area contributed by atoms with Crippen molar-refractivity contribution in [2.45, 2.75) is 53.6 Å². The van der Waals surface area contributed by atoms with Crippen molar-refractivity contribution in [3.8, 4) is 11.5 Å². The third-order valence-corrected chi connectivity index (χ3v) is 4.50. The van der Waals surface area contributed by atoms with Gasteiger partial charge in [0.1, 0.15) is 17.1 Å². The van der Waals surface area contributed by atoms with Gasteiger partial charge in [0, 0.05) is 23.1 Å². The second kappa shape index (κ2) is 7.96. The highest BCUT2D eigenvalue weighted by Crippen LogP contribution is 2.43. The molecule has 6 nitrogen and oxygen atoms in total. The minimum Gasteiger partial charge on any atom is -0.507 e. The molecule has 0 amide bonds. The van der Waals surface area contributed by atoms with Gasteiger partial charge in [0.2, 0.25) is 0 Å². The Bertz CT molecular complexity index is 961. The molecule has 1 atom stereocenters. The number of carbonyl (C=O) groups excluding carboxylic acids is 1. The Hall–Kier alpha value is -2.60. The van der Waals surface area contributed by atoms with Crippen LogP contribution in [0.5, 0.6) is 11.5 Å². The lowest BCUT2D eigenvalue weighted by Gasteiger charge is -2.18. The van der Waals surface area contributed by atoms with Crippen molar-refractivity contribution in [1.29, 1.82) is 0 Å². The van der Waals surface area contributed by atoms with Gasteiger partial charge in [-0.2, -0.15) is 0 Å². The third kappa shape index (κ3) is 3.90. The van der Waals surface area contributed by atoms with Gasteiger partial charge in [-0.05, 0) is 26.7 Å². The van der Waals surface area contributed by atoms with E-state index in [0.29, 0.717) is 6.42 Å². The number of hydrogen-bond acceptors (Lipinski definition) is 6. The Balaban J connectivity index is 3.05. The van der Waals surface area contributed by atoms with Crippen molar-refractivity contribution in [3.63, 3.8) is 0 Å². The standard InChI is InChI=1S/C21H26O6/c1-6-14(22)13-9-15(23)27-21-16(13)19(25)12(8-7-10(2)3)20(26)17(21)18(24)11(4)5/h7,9,11,14,22,25-26H,6,8H2,1-5H3/t14-/m0/s1. The summed E-state index contributed by atoms with van der Waals surface area (Å²) in [5, 5.41) is 32.0. The average molecular weight is 374 g/mol. The van der Waals surface area contributed by atoms with Crippen LogP contribution < -0.4 is 5.63 Å². The zero-order valence-corrected chi connectivity index (χ0v) is 16.3. The van der Waals surface area contributed by atoms with E-state index in [-0.39, 0.29) is 39.8 Å². The van der Waals surface area contributed by atoms with Crippen LogP contribution in [0.2, 0.25) is 0 Å². The van der Waals surface area contributed by atoms with Crippen LogP contribution in [-0.4, -0.2) is 21.1 Å². The van der Waals surface area contributed by atoms with Crippen molar-refractivity contribution >= 4 is 16.8 Å². The van der Waals surface area contributed by atoms with Gasteiger partial charge in [0.25, 0.3) is 0 Å². The minimum atomic E-state index is -1.02. The molecule has 0 fully saturated rings. The second-order valence-electron chi connectivity index (χ2n) is 7.20. The van der Waals surface area contributed by atoms with Gasteiger partial charge in [-0.3, -0.25) is 4.79 Å². The molecule has 0 aliphatic heterocycles. The summed E-state index contributed by atoms with van der Waals surface area (Å²) >= 11 is 0. The Labute approximate surface area is 157 Å². The van der Waals surface area contributed by atoms with Crippen LogP contribution >= 0.6 is 0 Å². The first-order valence-corrected chi connectivity index (χ1v) is 9.00. The molecule has 6 heteroatoms. The summed E-state index contributed by atoms with van der Waals surface area (Å²) in [4.78, 5) is 24.8. The number of carbonyl (C=O) groups is 1. The van der Waals surface area contributed by atoms with E-state index in [1.807, 2.05) is 13.8 Å². The maximum absolute atomic E-state index is 12.8. The molecule has 1 heterocycles. The lowest BCUT2D eigenvalue weighted by molar-refractivity contribution is 0.0937. The summed E-state index contributed by atoms with van der Waals surface area (Å²) < 4.78 is 5.22. The highest BCUT2D eigenvalue weighted by molar-refractivity contribution is 6.12. The Morgan fingerprint density at radius 2 is 1.85 bits per heavy atom. The van der Waals surface area contributed by atoms with Crippen LogP contribution in [0.3, 0.4) is 0 Å². The second-order valence-corrected chi connectivity index (χ2v) is 7.20. The largest absolute Gasteiger partial charge is 0.507 e. The van der Waals surface area contributed by atoms with E-state index in [2.05, 4.69) is 0 Å². The van der Waals surface area contributed by atoms with Crippen LogP contribution in [0, 0.1) is 5.92 Å². The number of Topliss-reactive ketones (excluding diaryl/α,β-unsaturated/α-hetero) is 1. The number of hydrogen-bond donors (Lipinski definition) is 3. The summed E-state index contributed by atoms with van der Waals surface area (Å²) in [5.74, 6) is -1.58. The summed E-state index contributed by atoms with van der Waals surface area (Å²) in [7, 11) is 0. The fourth-order valence-electron chi connectivity index (χ4n) is 2.95. The van der Waals surface area contributed by atoms with Gasteiger partial charge in [-0.25, -0.2) is 4.79 Å². The van der Waals surface area contributed by atoms with E-state index in [9.17, 15) is 24.9 Å². The van der Waals surface area contributed by atoms with Crippen LogP contribution in [-0.2, 0) is 6.42 Å². The van der Waals surface area contributed by atoms with Crippen molar-refractivity contribution in [2.24, 2.45) is 5.92 Å². The number of aliphatic hydroxyl groups excluding tert-OH is 1. The van der Waals surface area contributed by atoms with Gasteiger partial charge in [0.15, 0.2) is 11.4 Å². The molecule has 1 aromatic heterocycles. The summed E-state index contributed by atoms with van der Waals surface area (Å²) in [5.41, 5.74) is 0.207. The normalized spacial score (nSPS) is 12.4. The molecular formula is C21H26O6. The number of phenols is 2. The number of aliphatic hydroxyl groups is 1. The third-order valence-electron chi connectivity index (χ3n) is 4.50. The smallest absolute Gasteiger partial charge is 0.336 e. The Morgan fingerprint density at radius 1 is 1.22 bits per heavy atom. The summed E-state index contributed by atoms with van der Waals surface area (Å²) in [6.45, 7) is 8.81. The zero-order chi connectivity index (χ0) is 20.5. The predicted octanol–water partition coefficient (Wildman–Crippen LogP) is 4.00. The quantitative estimate of drug-likeness (QED) is 0.401. The molecule has 2 rings (SSSR count). The van der Waals surface area contributed by atoms with Crippen LogP contribution in [0.15, 0.2) is 26.9 Å². The van der Waals surface area contributed by atoms with Crippen molar-refractivity contribution in [1.82, 2.24) is 0 Å². The van der Waals surface area contributed by atoms with Gasteiger partial charge in [-0.1, -0.05) is 32.4 Å². The van der Waals surface area contributed by atoms with E-state index in [1.165, 1.54) is 0 Å². The van der Waals surface area contributed by atoms with Gasteiger partial charge in [-0.15, -0.1) is 0 Å². The first kappa shape index (κ1) is 20.7. The lowest BCUT2D eigenvalue weighted by Crippen LogP contribution is -2.13. The van der Waals surface area contributed by atoms with Gasteiger partial charge in [0.05, 0.1) is 11.5 Å². The molecule has 1 aromatic carbocycles. The van der Waals surface area contributed by atoms with Crippen molar-refractivity contribution < 1.29 is 24.5 Å². The SMILES string of the molecule is CC[C@H](O)c1cc(=O)oc2c(C(=O)C(C)C)c(O)c(CC=C(C)C)c(O)c12. The molecule has 0 saturated carbocycles. The molecule has 3 N–H and O–H groups in total. The van der Waals surface area contributed by atoms with Crippen LogP contribution in [0.25, 0.3) is 11.0 Å². The van der Waals surface area contributed by atoms with E-state index in [0.717, 1.165) is 11.6 Å². The Morgan fingerprint density at radius 3 is 2.37 bits per heavy atom. The highest BCUT2D eigenvalue weighted by Gasteiger charge is 2.29. The number of ketones is 1. The van der Waals surface area contributed by atoms with Gasteiger partial charge < -0.3 is 19.7 Å². The molecule has 0 saturated heterocycles. The molecular weight excluding hydrogens is 348 g/mol. The molecule has 0 radical (unpaired) electrons. The predicted molar refractivity (Wildman–Crippen MR) is 103 cm³/mol. The topological polar surface area (TPSA) is 108 Å². The van der Waals surface area contributed by atoms with Crippen LogP contribution in [0.4, 0.5) is 0 Å². The molecule has 27 heavy (non-hydrogen) atoms.